The second-order valence-corrected chi connectivity index (χ2v) is 9.21. The second-order valence-electron chi connectivity index (χ2n) is 8.77. The molecule has 0 unspecified atom stereocenters. The fourth-order valence-corrected chi connectivity index (χ4v) is 4.46. The molecule has 0 radical (unpaired) electrons. The van der Waals surface area contributed by atoms with Crippen LogP contribution >= 0.6 is 11.6 Å². The summed E-state index contributed by atoms with van der Waals surface area (Å²) in [7, 11) is 0. The normalized spacial score (nSPS) is 15.3. The smallest absolute Gasteiger partial charge is 0.303 e. The molecule has 4 rings (SSSR count). The van der Waals surface area contributed by atoms with Gasteiger partial charge in [0, 0.05) is 29.1 Å². The van der Waals surface area contributed by atoms with Gasteiger partial charge in [-0.05, 0) is 49.6 Å². The number of halogens is 1. The molecule has 2 heterocycles. The highest BCUT2D eigenvalue weighted by Gasteiger charge is 2.35. The Labute approximate surface area is 208 Å². The third-order valence-electron chi connectivity index (χ3n) is 6.32. The zero-order valence-corrected chi connectivity index (χ0v) is 20.5. The number of nitrogens with one attached hydrogen (secondary N) is 1. The lowest BCUT2D eigenvalue weighted by molar-refractivity contribution is -0.141. The van der Waals surface area contributed by atoms with Crippen LogP contribution in [-0.4, -0.2) is 32.7 Å². The van der Waals surface area contributed by atoms with E-state index < -0.39 is 17.9 Å². The summed E-state index contributed by atoms with van der Waals surface area (Å²) in [6, 6.07) is 14.6. The Hall–Kier alpha value is -3.71. The van der Waals surface area contributed by atoms with Crippen LogP contribution < -0.4 is 5.56 Å². The molecule has 7 nitrogen and oxygen atoms in total. The van der Waals surface area contributed by atoms with Crippen LogP contribution in [0.15, 0.2) is 58.4 Å². The molecule has 0 aliphatic carbocycles. The Morgan fingerprint density at radius 1 is 1.03 bits per heavy atom. The van der Waals surface area contributed by atoms with Gasteiger partial charge in [0.25, 0.3) is 5.56 Å². The van der Waals surface area contributed by atoms with Gasteiger partial charge in [0.15, 0.2) is 0 Å². The summed E-state index contributed by atoms with van der Waals surface area (Å²) < 4.78 is 0. The number of carbonyl (C=O) groups excluding carboxylic acids is 1. The number of nitrogens with zero attached hydrogens (tertiary/aromatic N) is 2. The minimum atomic E-state index is -1.05. The maximum absolute atomic E-state index is 13.3. The van der Waals surface area contributed by atoms with Gasteiger partial charge in [0.1, 0.15) is 0 Å². The zero-order valence-electron chi connectivity index (χ0n) is 19.8. The van der Waals surface area contributed by atoms with Gasteiger partial charge < -0.3 is 10.1 Å². The third-order valence-corrected chi connectivity index (χ3v) is 6.57. The third kappa shape index (κ3) is 5.05. The predicted molar refractivity (Wildman–Crippen MR) is 136 cm³/mol. The Balaban J connectivity index is 1.85. The number of rotatable bonds is 6. The molecule has 2 aromatic carbocycles. The number of hydrogen-bond donors (Lipinski definition) is 2. The van der Waals surface area contributed by atoms with Gasteiger partial charge in [-0.1, -0.05) is 53.6 Å². The van der Waals surface area contributed by atoms with E-state index in [0.717, 1.165) is 33.5 Å². The number of aryl methyl sites for hydroxylation is 2. The Bertz CT molecular complexity index is 1380. The van der Waals surface area contributed by atoms with Gasteiger partial charge in [-0.3, -0.25) is 14.4 Å². The Morgan fingerprint density at radius 2 is 1.69 bits per heavy atom. The molecule has 1 aliphatic heterocycles. The van der Waals surface area contributed by atoms with E-state index in [1.807, 2.05) is 57.2 Å². The van der Waals surface area contributed by atoms with Gasteiger partial charge in [-0.2, -0.15) is 5.10 Å². The quantitative estimate of drug-likeness (QED) is 0.497. The van der Waals surface area contributed by atoms with Gasteiger partial charge >= 0.3 is 5.97 Å². The molecule has 1 aromatic heterocycles. The lowest BCUT2D eigenvalue weighted by atomic mass is 9.90. The summed E-state index contributed by atoms with van der Waals surface area (Å²) >= 11 is 6.09. The number of hydrogen-bond acceptors (Lipinski definition) is 4. The summed E-state index contributed by atoms with van der Waals surface area (Å²) in [5.74, 6) is -1.45. The van der Waals surface area contributed by atoms with Crippen LogP contribution in [0, 0.1) is 20.8 Å². The van der Waals surface area contributed by atoms with Gasteiger partial charge in [0.05, 0.1) is 23.7 Å². The van der Waals surface area contributed by atoms with Crippen LogP contribution in [0.5, 0.6) is 0 Å². The molecule has 1 amide bonds. The molecule has 0 fully saturated rings. The van der Waals surface area contributed by atoms with E-state index in [1.54, 1.807) is 12.1 Å². The van der Waals surface area contributed by atoms with Crippen molar-refractivity contribution in [2.45, 2.75) is 46.1 Å². The van der Waals surface area contributed by atoms with Crippen molar-refractivity contribution in [3.63, 3.8) is 0 Å². The zero-order chi connectivity index (χ0) is 25.3. The summed E-state index contributed by atoms with van der Waals surface area (Å²) in [4.78, 5) is 40.3. The average Bonchev–Trinajstić information content (AvgIpc) is 3.26. The first-order valence-corrected chi connectivity index (χ1v) is 11.7. The number of amides is 1. The molecule has 1 atom stereocenters. The number of pyridine rings is 1. The fourth-order valence-electron chi connectivity index (χ4n) is 4.34. The average molecular weight is 492 g/mol. The molecule has 1 aliphatic rings. The molecule has 35 heavy (non-hydrogen) atoms. The van der Waals surface area contributed by atoms with E-state index >= 15 is 0 Å². The number of H-pyrrole nitrogens is 1. The van der Waals surface area contributed by atoms with Crippen molar-refractivity contribution < 1.29 is 14.7 Å². The summed E-state index contributed by atoms with van der Waals surface area (Å²) in [6.07, 6.45) is -0.142. The summed E-state index contributed by atoms with van der Waals surface area (Å²) in [5.41, 5.74) is 5.73. The van der Waals surface area contributed by atoms with E-state index in [0.29, 0.717) is 22.7 Å². The molecule has 8 heteroatoms. The number of carbonyl (C=O) groups is 2. The number of hydrazone groups is 1. The molecule has 0 bridgehead atoms. The Morgan fingerprint density at radius 3 is 2.31 bits per heavy atom. The highest BCUT2D eigenvalue weighted by molar-refractivity contribution is 6.30. The van der Waals surface area contributed by atoms with Crippen molar-refractivity contribution >= 4 is 29.2 Å². The van der Waals surface area contributed by atoms with E-state index in [1.165, 1.54) is 5.01 Å². The highest BCUT2D eigenvalue weighted by atomic mass is 35.5. The number of aromatic amines is 1. The van der Waals surface area contributed by atoms with Crippen molar-refractivity contribution in [3.8, 4) is 11.1 Å². The van der Waals surface area contributed by atoms with E-state index in [9.17, 15) is 14.4 Å². The number of aromatic nitrogens is 1. The molecule has 0 saturated heterocycles. The minimum absolute atomic E-state index is 0.179. The molecule has 2 N–H and O–H groups in total. The second kappa shape index (κ2) is 9.88. The molecule has 180 valence electrons. The first-order chi connectivity index (χ1) is 16.7. The summed E-state index contributed by atoms with van der Waals surface area (Å²) in [6.45, 7) is 5.75. The first-order valence-electron chi connectivity index (χ1n) is 11.3. The van der Waals surface area contributed by atoms with Gasteiger partial charge in [0.2, 0.25) is 5.91 Å². The van der Waals surface area contributed by atoms with Crippen LogP contribution in [0.25, 0.3) is 11.1 Å². The largest absolute Gasteiger partial charge is 0.481 e. The summed E-state index contributed by atoms with van der Waals surface area (Å²) in [5, 5.41) is 15.6. The standard InChI is InChI=1S/C27H26ClN3O4/c1-15-4-6-18(7-5-15)22-14-21(30-31(22)23(32)12-13-24(33)34)26-25(16(2)17(3)29-27(26)35)19-8-10-20(28)11-9-19/h4-11,22H,12-14H2,1-3H3,(H,29,35)(H,33,34)/t22-/m1/s1. The molecular formula is C27H26ClN3O4. The lowest BCUT2D eigenvalue weighted by Gasteiger charge is -2.22. The van der Waals surface area contributed by atoms with Crippen LogP contribution in [0.1, 0.15) is 53.3 Å². The highest BCUT2D eigenvalue weighted by Crippen LogP contribution is 2.36. The predicted octanol–water partition coefficient (Wildman–Crippen LogP) is 5.16. The van der Waals surface area contributed by atoms with Crippen molar-refractivity contribution in [2.75, 3.05) is 0 Å². The van der Waals surface area contributed by atoms with E-state index in [2.05, 4.69) is 10.1 Å². The SMILES string of the molecule is Cc1ccc([C@H]2CC(c3c(-c4ccc(Cl)cc4)c(C)c(C)[nH]c3=O)=NN2C(=O)CCC(=O)O)cc1. The minimum Gasteiger partial charge on any atom is -0.481 e. The van der Waals surface area contributed by atoms with Crippen molar-refractivity contribution in [1.29, 1.82) is 0 Å². The van der Waals surface area contributed by atoms with Crippen molar-refractivity contribution in [2.24, 2.45) is 5.10 Å². The van der Waals surface area contributed by atoms with Crippen LogP contribution in [0.2, 0.25) is 5.02 Å². The number of benzene rings is 2. The monoisotopic (exact) mass is 491 g/mol. The van der Waals surface area contributed by atoms with E-state index in [4.69, 9.17) is 16.7 Å². The molecule has 0 spiro atoms. The van der Waals surface area contributed by atoms with Crippen molar-refractivity contribution in [1.82, 2.24) is 9.99 Å². The molecular weight excluding hydrogens is 466 g/mol. The van der Waals surface area contributed by atoms with Gasteiger partial charge in [-0.25, -0.2) is 5.01 Å². The molecule has 0 saturated carbocycles. The Kier molecular flexibility index (Phi) is 6.89. The topological polar surface area (TPSA) is 103 Å². The molecule has 3 aromatic rings. The maximum Gasteiger partial charge on any atom is 0.303 e. The van der Waals surface area contributed by atoms with Crippen molar-refractivity contribution in [3.05, 3.63) is 91.9 Å². The van der Waals surface area contributed by atoms with Crippen LogP contribution in [0.3, 0.4) is 0 Å². The number of carboxylic acids is 1. The number of carboxylic acid groups (broad SMARTS) is 1. The van der Waals surface area contributed by atoms with Gasteiger partial charge in [-0.15, -0.1) is 0 Å². The van der Waals surface area contributed by atoms with Crippen LogP contribution in [-0.2, 0) is 9.59 Å². The fraction of sp³-hybridized carbons (Fsp3) is 0.259. The van der Waals surface area contributed by atoms with E-state index in [-0.39, 0.29) is 18.4 Å². The lowest BCUT2D eigenvalue weighted by Crippen LogP contribution is -2.27. The maximum atomic E-state index is 13.3. The van der Waals surface area contributed by atoms with Crippen LogP contribution in [0.4, 0.5) is 0 Å². The number of aliphatic carboxylic acids is 1. The first kappa shape index (κ1) is 24.4.